The zero-order chi connectivity index (χ0) is 40.1. The Balaban J connectivity index is -0.000000462. The maximum Gasteiger partial charge on any atom is 1.00 e. The number of aliphatic hydroxyl groups is 1. The number of nitrogens with one attached hydrogen (secondary N) is 2. The maximum absolute atomic E-state index is 14.9. The Kier molecular flexibility index (Phi) is 32.7. The second-order valence-corrected chi connectivity index (χ2v) is 11.4. The summed E-state index contributed by atoms with van der Waals surface area (Å²) in [4.78, 5) is 50.3. The third-order valence-electron chi connectivity index (χ3n) is 7.36. The first-order chi connectivity index (χ1) is 27.2. The van der Waals surface area contributed by atoms with Gasteiger partial charge in [0.05, 0.1) is 43.4 Å². The van der Waals surface area contributed by atoms with E-state index in [1.807, 2.05) is 24.3 Å². The van der Waals surface area contributed by atoms with Crippen LogP contribution < -0.4 is 50.8 Å². The summed E-state index contributed by atoms with van der Waals surface area (Å²) >= 11 is 0. The van der Waals surface area contributed by atoms with Crippen molar-refractivity contribution in [1.29, 1.82) is 0 Å². The molecule has 333 valence electrons. The predicted molar refractivity (Wildman–Crippen MR) is 229 cm³/mol. The Labute approximate surface area is 392 Å². The molecule has 1 fully saturated rings. The van der Waals surface area contributed by atoms with Gasteiger partial charge in [-0.05, 0) is 36.2 Å². The van der Waals surface area contributed by atoms with Crippen LogP contribution in [0.15, 0.2) is 111 Å². The molecule has 0 unspecified atom stereocenters. The predicted octanol–water partition coefficient (Wildman–Crippen LogP) is 3.45. The van der Waals surface area contributed by atoms with E-state index >= 15 is 0 Å². The minimum atomic E-state index is -0.560. The van der Waals surface area contributed by atoms with Crippen LogP contribution in [0.5, 0.6) is 0 Å². The first kappa shape index (κ1) is 61.0. The van der Waals surface area contributed by atoms with Gasteiger partial charge in [0, 0.05) is 40.5 Å². The van der Waals surface area contributed by atoms with Crippen molar-refractivity contribution in [1.82, 2.24) is 30.6 Å². The fourth-order valence-electron chi connectivity index (χ4n) is 4.64. The number of amides is 2. The summed E-state index contributed by atoms with van der Waals surface area (Å²) in [5, 5.41) is 14.2. The van der Waals surface area contributed by atoms with E-state index in [9.17, 15) is 18.8 Å². The van der Waals surface area contributed by atoms with E-state index in [1.165, 1.54) is 62.3 Å². The van der Waals surface area contributed by atoms with E-state index in [4.69, 9.17) is 20.0 Å². The van der Waals surface area contributed by atoms with Gasteiger partial charge >= 0.3 is 41.6 Å². The summed E-state index contributed by atoms with van der Waals surface area (Å²) < 4.78 is 43.4. The zero-order valence-corrected chi connectivity index (χ0v) is 35.3. The van der Waals surface area contributed by atoms with Gasteiger partial charge in [-0.3, -0.25) is 9.69 Å². The molecule has 62 heavy (non-hydrogen) atoms. The quantitative estimate of drug-likeness (QED) is 0.101. The molecule has 1 atom stereocenters. The molecule has 2 amide bonds. The first-order valence-corrected chi connectivity index (χ1v) is 17.0. The number of ether oxygens (including phenoxy) is 2. The van der Waals surface area contributed by atoms with Crippen molar-refractivity contribution in [2.45, 2.75) is 68.5 Å². The number of aromatic nitrogens is 4. The smallest absolute Gasteiger partial charge is 1.00 e. The number of nitrogens with two attached hydrogens (primary N) is 1. The molecule has 6 aromatic rings. The van der Waals surface area contributed by atoms with Crippen molar-refractivity contribution in [3.05, 3.63) is 127 Å². The fourth-order valence-corrected chi connectivity index (χ4v) is 4.64. The first-order valence-electron chi connectivity index (χ1n) is 17.0. The van der Waals surface area contributed by atoms with Crippen molar-refractivity contribution in [2.24, 2.45) is 5.73 Å². The number of cyclic esters (lactones) is 1. The fraction of sp³-hybridized carbons (Fsp3) is 0.325. The number of nitrogens with zero attached hydrogens (tertiary/aromatic N) is 5. The molecule has 18 nitrogen and oxygen atoms in total. The van der Waals surface area contributed by atoms with Gasteiger partial charge in [0.1, 0.15) is 42.7 Å². The number of carbonyl (C=O) groups excluding carboxylic acids is 3. The van der Waals surface area contributed by atoms with Crippen molar-refractivity contribution in [3.63, 3.8) is 0 Å². The summed E-state index contributed by atoms with van der Waals surface area (Å²) in [7, 11) is 0. The average molecular weight is 896 g/mol. The second kappa shape index (κ2) is 33.3. The Morgan fingerprint density at radius 3 is 1.95 bits per heavy atom. The van der Waals surface area contributed by atoms with E-state index in [1.54, 1.807) is 25.3 Å². The molecule has 1 aliphatic heterocycles. The zero-order valence-electron chi connectivity index (χ0n) is 33.5. The molecular formula is C40H55BClFN8NaO10. The molecule has 1 saturated heterocycles. The molecule has 5 heterocycles. The molecule has 0 bridgehead atoms. The maximum atomic E-state index is 14.9. The standard InChI is InChI=1S/C23H23FN4O4.C6H7NO3.C4H6N2O.C4H5NO2.3CH4.B.ClH.Na.H/c1-15(29)26-11-20-12-28(23(30)32-20)19-6-7-21(22(24)8-19)17-4-2-16(3-5-17)9-25-10-18-13-31-14-27-18;1-2-10-6(8)5-3-9-4-7-5;5-1-4-2-7-3-6-4;6-1-4-2-7-3-5-4;;;;;;;/h2-8,13-14,20,25H,9-12H2,1H3,(H,26,29);3-4H,2H2,1H3;2-3H,1,5H2;2-3,6H,1H2;3*1H4;;1H;;/q;;;;;;;;;+1;-1/t20-;;;;;;;;;;/m0........../s1. The SMILES string of the molecule is C.C.C.CC(=O)NC[C@H]1CN(c2ccc(-c3ccc(CNCc4cocn4)cc3)c(F)c2)C(=O)O1.CCOC(=O)c1cocn1.Cl.NCc1cocn1.OCc1cocn1.[B].[H-].[Na+]. The number of hydrogen-bond donors (Lipinski definition) is 4. The van der Waals surface area contributed by atoms with Crippen LogP contribution in [0.4, 0.5) is 14.9 Å². The number of halogens is 2. The Morgan fingerprint density at radius 2 is 1.48 bits per heavy atom. The molecule has 3 radical (unpaired) electrons. The molecule has 2 aromatic carbocycles. The third kappa shape index (κ3) is 20.5. The van der Waals surface area contributed by atoms with Crippen LogP contribution in [0.25, 0.3) is 11.1 Å². The van der Waals surface area contributed by atoms with Crippen LogP contribution in [0, 0.1) is 5.82 Å². The Morgan fingerprint density at radius 1 is 0.903 bits per heavy atom. The van der Waals surface area contributed by atoms with Gasteiger partial charge < -0.3 is 50.0 Å². The van der Waals surface area contributed by atoms with Crippen LogP contribution in [0.2, 0.25) is 0 Å². The summed E-state index contributed by atoms with van der Waals surface area (Å²) in [6.07, 6.45) is 9.96. The molecule has 1 aliphatic rings. The number of rotatable bonds is 12. The molecule has 0 spiro atoms. The number of benzene rings is 2. The molecule has 5 N–H and O–H groups in total. The van der Waals surface area contributed by atoms with E-state index in [-0.39, 0.29) is 105 Å². The largest absolute Gasteiger partial charge is 1.00 e. The summed E-state index contributed by atoms with van der Waals surface area (Å²) in [6, 6.07) is 12.2. The Hall–Kier alpha value is -5.35. The summed E-state index contributed by atoms with van der Waals surface area (Å²) in [6.45, 7) is 5.59. The van der Waals surface area contributed by atoms with Gasteiger partial charge in [-0.2, -0.15) is 0 Å². The van der Waals surface area contributed by atoms with Gasteiger partial charge in [0.15, 0.2) is 31.3 Å². The summed E-state index contributed by atoms with van der Waals surface area (Å²) in [5.41, 5.74) is 10.2. The number of esters is 1. The normalized spacial score (nSPS) is 11.7. The van der Waals surface area contributed by atoms with Crippen molar-refractivity contribution in [2.75, 3.05) is 24.6 Å². The van der Waals surface area contributed by atoms with Crippen LogP contribution >= 0.6 is 12.4 Å². The number of hydrogen-bond acceptors (Lipinski definition) is 16. The molecule has 22 heteroatoms. The van der Waals surface area contributed by atoms with Gasteiger partial charge in [-0.25, -0.2) is 33.9 Å². The number of oxazole rings is 4. The molecule has 0 aliphatic carbocycles. The van der Waals surface area contributed by atoms with Gasteiger partial charge in [-0.15, -0.1) is 12.4 Å². The van der Waals surface area contributed by atoms with E-state index in [2.05, 4.69) is 48.6 Å². The van der Waals surface area contributed by atoms with Gasteiger partial charge in [-0.1, -0.05) is 46.5 Å². The monoisotopic (exact) mass is 895 g/mol. The number of anilines is 1. The van der Waals surface area contributed by atoms with Crippen LogP contribution in [0.3, 0.4) is 0 Å². The van der Waals surface area contributed by atoms with E-state index in [0.29, 0.717) is 43.2 Å². The van der Waals surface area contributed by atoms with E-state index < -0.39 is 24.0 Å². The molecule has 7 rings (SSSR count). The third-order valence-corrected chi connectivity index (χ3v) is 7.36. The average Bonchev–Trinajstić information content (AvgIpc) is 4.06. The minimum absolute atomic E-state index is 0. The van der Waals surface area contributed by atoms with Crippen LogP contribution in [-0.4, -0.2) is 77.2 Å². The van der Waals surface area contributed by atoms with Crippen LogP contribution in [-0.2, 0) is 40.5 Å². The minimum Gasteiger partial charge on any atom is -1.00 e. The van der Waals surface area contributed by atoms with Crippen LogP contribution in [0.1, 0.15) is 70.7 Å². The molecule has 4 aromatic heterocycles. The number of carbonyl (C=O) groups is 3. The van der Waals surface area contributed by atoms with Crippen molar-refractivity contribution < 1.29 is 82.0 Å². The molecular weight excluding hydrogens is 841 g/mol. The van der Waals surface area contributed by atoms with Crippen molar-refractivity contribution >= 4 is 44.5 Å². The van der Waals surface area contributed by atoms with Gasteiger partial charge in [0.25, 0.3) is 0 Å². The second-order valence-electron chi connectivity index (χ2n) is 11.4. The van der Waals surface area contributed by atoms with Gasteiger partial charge in [0.2, 0.25) is 5.91 Å². The topological polar surface area (TPSA) is 247 Å². The Bertz CT molecular complexity index is 2010. The van der Waals surface area contributed by atoms with E-state index in [0.717, 1.165) is 22.5 Å². The summed E-state index contributed by atoms with van der Waals surface area (Å²) in [5.74, 6) is -1.08. The molecule has 0 saturated carbocycles. The van der Waals surface area contributed by atoms with Crippen molar-refractivity contribution in [3.8, 4) is 11.1 Å². The number of aliphatic hydroxyl groups excluding tert-OH is 1.